The van der Waals surface area contributed by atoms with Crippen molar-refractivity contribution in [2.24, 2.45) is 0 Å². The number of H-pyrrole nitrogens is 1. The first-order valence-electron chi connectivity index (χ1n) is 8.22. The fraction of sp³-hybridized carbons (Fsp3) is 0.158. The smallest absolute Gasteiger partial charge is 0.174 e. The van der Waals surface area contributed by atoms with Crippen molar-refractivity contribution >= 4 is 34.6 Å². The Kier molecular flexibility index (Phi) is 4.61. The van der Waals surface area contributed by atoms with Gasteiger partial charge in [0.05, 0.1) is 12.0 Å². The maximum Gasteiger partial charge on any atom is 0.174 e. The highest BCUT2D eigenvalue weighted by Gasteiger charge is 2.32. The Morgan fingerprint density at radius 1 is 1.19 bits per heavy atom. The van der Waals surface area contributed by atoms with Crippen molar-refractivity contribution in [2.75, 3.05) is 11.9 Å². The lowest BCUT2D eigenvalue weighted by Gasteiger charge is -2.37. The summed E-state index contributed by atoms with van der Waals surface area (Å²) >= 11 is 11.6. The molecule has 0 unspecified atom stereocenters. The van der Waals surface area contributed by atoms with Gasteiger partial charge in [-0.25, -0.2) is 9.37 Å². The van der Waals surface area contributed by atoms with E-state index >= 15 is 0 Å². The summed E-state index contributed by atoms with van der Waals surface area (Å²) in [5, 5.41) is 4.52. The molecular formula is C19H16ClFN4S. The molecule has 7 heteroatoms. The summed E-state index contributed by atoms with van der Waals surface area (Å²) in [6.45, 7) is 0.733. The van der Waals surface area contributed by atoms with Crippen molar-refractivity contribution in [1.29, 1.82) is 0 Å². The molecule has 4 nitrogen and oxygen atoms in total. The summed E-state index contributed by atoms with van der Waals surface area (Å²) in [7, 11) is 0. The molecule has 2 N–H and O–H groups in total. The minimum absolute atomic E-state index is 0.169. The van der Waals surface area contributed by atoms with Gasteiger partial charge in [-0.2, -0.15) is 0 Å². The number of rotatable bonds is 2. The first-order valence-corrected chi connectivity index (χ1v) is 9.01. The molecule has 0 spiro atoms. The van der Waals surface area contributed by atoms with Gasteiger partial charge in [0.25, 0.3) is 0 Å². The van der Waals surface area contributed by atoms with E-state index in [0.717, 1.165) is 35.6 Å². The summed E-state index contributed by atoms with van der Waals surface area (Å²) < 4.78 is 13.4. The van der Waals surface area contributed by atoms with E-state index in [4.69, 9.17) is 23.8 Å². The average Bonchev–Trinajstić information content (AvgIpc) is 3.12. The molecular weight excluding hydrogens is 371 g/mol. The van der Waals surface area contributed by atoms with Gasteiger partial charge in [-0.3, -0.25) is 0 Å². The number of halogens is 2. The van der Waals surface area contributed by atoms with Crippen LogP contribution in [0.25, 0.3) is 0 Å². The monoisotopic (exact) mass is 386 g/mol. The number of nitrogens with zero attached hydrogens (tertiary/aromatic N) is 2. The molecule has 2 heterocycles. The van der Waals surface area contributed by atoms with Crippen LogP contribution in [0.1, 0.15) is 23.0 Å². The van der Waals surface area contributed by atoms with Crippen molar-refractivity contribution in [3.63, 3.8) is 0 Å². The van der Waals surface area contributed by atoms with Crippen molar-refractivity contribution in [3.05, 3.63) is 82.6 Å². The molecule has 26 heavy (non-hydrogen) atoms. The van der Waals surface area contributed by atoms with Crippen LogP contribution < -0.4 is 5.32 Å². The summed E-state index contributed by atoms with van der Waals surface area (Å²) in [5.41, 5.74) is 3.82. The van der Waals surface area contributed by atoms with E-state index in [1.54, 1.807) is 18.5 Å². The normalized spacial score (nSPS) is 16.2. The van der Waals surface area contributed by atoms with E-state index in [9.17, 15) is 4.39 Å². The lowest BCUT2D eigenvalue weighted by atomic mass is 9.96. The number of hydrogen-bond acceptors (Lipinski definition) is 2. The lowest BCUT2D eigenvalue weighted by Crippen LogP contribution is -2.43. The molecule has 1 aliphatic heterocycles. The zero-order chi connectivity index (χ0) is 18.1. The molecule has 0 bridgehead atoms. The molecule has 0 amide bonds. The van der Waals surface area contributed by atoms with E-state index in [-0.39, 0.29) is 11.9 Å². The van der Waals surface area contributed by atoms with Crippen LogP contribution in [-0.4, -0.2) is 26.5 Å². The second kappa shape index (κ2) is 7.05. The van der Waals surface area contributed by atoms with Gasteiger partial charge in [0.15, 0.2) is 5.11 Å². The second-order valence-electron chi connectivity index (χ2n) is 6.10. The van der Waals surface area contributed by atoms with Gasteiger partial charge >= 0.3 is 0 Å². The van der Waals surface area contributed by atoms with Crippen LogP contribution in [0.15, 0.2) is 54.9 Å². The summed E-state index contributed by atoms with van der Waals surface area (Å²) in [6.07, 6.45) is 2.51. The minimum atomic E-state index is -0.264. The Bertz CT molecular complexity index is 923. The maximum absolute atomic E-state index is 13.4. The van der Waals surface area contributed by atoms with Crippen LogP contribution in [0, 0.1) is 5.82 Å². The fourth-order valence-electron chi connectivity index (χ4n) is 3.21. The van der Waals surface area contributed by atoms with E-state index in [1.165, 1.54) is 12.1 Å². The number of aromatic amines is 1. The van der Waals surface area contributed by atoms with E-state index in [1.807, 2.05) is 24.3 Å². The molecule has 4 rings (SSSR count). The van der Waals surface area contributed by atoms with Gasteiger partial charge in [0.2, 0.25) is 0 Å². The highest BCUT2D eigenvalue weighted by Crippen LogP contribution is 2.34. The predicted octanol–water partition coefficient (Wildman–Crippen LogP) is 4.55. The molecule has 3 aromatic rings. The lowest BCUT2D eigenvalue weighted by molar-refractivity contribution is 0.336. The van der Waals surface area contributed by atoms with Crippen LogP contribution >= 0.6 is 23.8 Å². The highest BCUT2D eigenvalue weighted by atomic mass is 35.5. The van der Waals surface area contributed by atoms with Gasteiger partial charge < -0.3 is 15.2 Å². The number of aromatic nitrogens is 2. The number of hydrogen-bond donors (Lipinski definition) is 2. The molecule has 0 aliphatic carbocycles. The Hall–Kier alpha value is -2.44. The number of imidazole rings is 1. The molecule has 1 aromatic heterocycles. The van der Waals surface area contributed by atoms with Gasteiger partial charge in [-0.05, 0) is 54.2 Å². The average molecular weight is 387 g/mol. The third-order valence-corrected chi connectivity index (χ3v) is 5.06. The Labute approximate surface area is 161 Å². The quantitative estimate of drug-likeness (QED) is 0.634. The summed E-state index contributed by atoms with van der Waals surface area (Å²) in [5.74, 6) is -0.264. The third kappa shape index (κ3) is 3.30. The number of nitrogens with one attached hydrogen (secondary N) is 2. The van der Waals surface area contributed by atoms with Gasteiger partial charge in [0.1, 0.15) is 11.9 Å². The summed E-state index contributed by atoms with van der Waals surface area (Å²) in [6, 6.07) is 13.7. The maximum atomic E-state index is 13.4. The van der Waals surface area contributed by atoms with E-state index in [2.05, 4.69) is 20.2 Å². The zero-order valence-corrected chi connectivity index (χ0v) is 15.3. The van der Waals surface area contributed by atoms with Crippen molar-refractivity contribution in [3.8, 4) is 0 Å². The van der Waals surface area contributed by atoms with Crippen LogP contribution in [0.5, 0.6) is 0 Å². The predicted molar refractivity (Wildman–Crippen MR) is 105 cm³/mol. The van der Waals surface area contributed by atoms with Crippen molar-refractivity contribution in [2.45, 2.75) is 12.5 Å². The molecule has 0 saturated heterocycles. The molecule has 2 aromatic carbocycles. The fourth-order valence-corrected chi connectivity index (χ4v) is 3.65. The number of benzene rings is 2. The Morgan fingerprint density at radius 3 is 2.65 bits per heavy atom. The Balaban J connectivity index is 1.66. The highest BCUT2D eigenvalue weighted by molar-refractivity contribution is 7.80. The largest absolute Gasteiger partial charge is 0.348 e. The Morgan fingerprint density at radius 2 is 1.92 bits per heavy atom. The van der Waals surface area contributed by atoms with Crippen molar-refractivity contribution < 1.29 is 4.39 Å². The first-order chi connectivity index (χ1) is 12.6. The first kappa shape index (κ1) is 17.0. The topological polar surface area (TPSA) is 44.0 Å². The van der Waals surface area contributed by atoms with Gasteiger partial charge in [-0.1, -0.05) is 23.7 Å². The zero-order valence-electron chi connectivity index (χ0n) is 13.7. The standard InChI is InChI=1S/C19H16ClFN4S/c20-13-3-7-15(8-4-13)24-19(26)25-10-9-16-17(23-11-22-16)18(25)12-1-5-14(21)6-2-12/h1-8,11,18H,9-10H2,(H,22,23)(H,24,26)/t18-/m1/s1. The van der Waals surface area contributed by atoms with Crippen LogP contribution in [0.3, 0.4) is 0 Å². The number of fused-ring (bicyclic) bond motifs is 1. The van der Waals surface area contributed by atoms with E-state index < -0.39 is 0 Å². The number of anilines is 1. The molecule has 1 aliphatic rings. The van der Waals surface area contributed by atoms with Crippen molar-refractivity contribution in [1.82, 2.24) is 14.9 Å². The van der Waals surface area contributed by atoms with Gasteiger partial charge in [-0.15, -0.1) is 0 Å². The molecule has 0 radical (unpaired) electrons. The van der Waals surface area contributed by atoms with Gasteiger partial charge in [0, 0.05) is 29.4 Å². The molecule has 0 fully saturated rings. The second-order valence-corrected chi connectivity index (χ2v) is 6.92. The molecule has 132 valence electrons. The molecule has 0 saturated carbocycles. The van der Waals surface area contributed by atoms with Crippen LogP contribution in [0.4, 0.5) is 10.1 Å². The summed E-state index contributed by atoms with van der Waals surface area (Å²) in [4.78, 5) is 9.77. The third-order valence-electron chi connectivity index (χ3n) is 4.47. The van der Waals surface area contributed by atoms with Crippen LogP contribution in [0.2, 0.25) is 5.02 Å². The van der Waals surface area contributed by atoms with Crippen LogP contribution in [-0.2, 0) is 6.42 Å². The SMILES string of the molecule is Fc1ccc([C@@H]2c3nc[nH]c3CCN2C(=S)Nc2ccc(Cl)cc2)cc1. The van der Waals surface area contributed by atoms with E-state index in [0.29, 0.717) is 10.1 Å². The molecule has 1 atom stereocenters. The minimum Gasteiger partial charge on any atom is -0.348 e. The number of thiocarbonyl (C=S) groups is 1.